The van der Waals surface area contributed by atoms with E-state index < -0.39 is 5.91 Å². The summed E-state index contributed by atoms with van der Waals surface area (Å²) in [5.41, 5.74) is 2.92. The number of aromatic nitrogens is 3. The lowest BCUT2D eigenvalue weighted by molar-refractivity contribution is 0.0941. The first-order valence-electron chi connectivity index (χ1n) is 8.80. The van der Waals surface area contributed by atoms with Gasteiger partial charge in [0.05, 0.1) is 16.5 Å². The minimum Gasteiger partial charge on any atom is -0.361 e. The first-order chi connectivity index (χ1) is 14.0. The lowest BCUT2D eigenvalue weighted by Crippen LogP contribution is -2.26. The van der Waals surface area contributed by atoms with Crippen molar-refractivity contribution in [2.45, 2.75) is 12.8 Å². The fourth-order valence-corrected chi connectivity index (χ4v) is 3.48. The third-order valence-corrected chi connectivity index (χ3v) is 5.39. The van der Waals surface area contributed by atoms with Crippen molar-refractivity contribution in [3.05, 3.63) is 80.5 Å². The minimum atomic E-state index is -0.396. The fourth-order valence-electron chi connectivity index (χ4n) is 2.99. The van der Waals surface area contributed by atoms with Crippen molar-refractivity contribution in [2.75, 3.05) is 6.54 Å². The molecule has 0 radical (unpaired) electrons. The summed E-state index contributed by atoms with van der Waals surface area (Å²) in [5.74, 6) is -0.0890. The molecule has 0 bridgehead atoms. The average molecular weight is 450 g/mol. The number of rotatable bonds is 6. The van der Waals surface area contributed by atoms with Crippen LogP contribution in [0, 0.1) is 0 Å². The van der Waals surface area contributed by atoms with Gasteiger partial charge in [0.2, 0.25) is 5.89 Å². The van der Waals surface area contributed by atoms with Gasteiger partial charge in [0.15, 0.2) is 0 Å². The van der Waals surface area contributed by atoms with Gasteiger partial charge in [-0.2, -0.15) is 4.98 Å². The van der Waals surface area contributed by atoms with Crippen LogP contribution in [0.3, 0.4) is 0 Å². The maximum absolute atomic E-state index is 12.3. The molecule has 0 aliphatic heterocycles. The summed E-state index contributed by atoms with van der Waals surface area (Å²) >= 11 is 18.0. The minimum absolute atomic E-state index is 0.0120. The number of hydrogen-bond donors (Lipinski definition) is 2. The molecule has 1 amide bonds. The van der Waals surface area contributed by atoms with E-state index in [4.69, 9.17) is 39.3 Å². The number of halogens is 3. The van der Waals surface area contributed by atoms with E-state index in [0.29, 0.717) is 40.3 Å². The molecule has 2 aromatic carbocycles. The smallest absolute Gasteiger partial charge is 0.292 e. The second kappa shape index (κ2) is 8.45. The lowest BCUT2D eigenvalue weighted by Gasteiger charge is -2.02. The van der Waals surface area contributed by atoms with Crippen LogP contribution in [0.5, 0.6) is 0 Å². The molecule has 2 heterocycles. The van der Waals surface area contributed by atoms with E-state index in [1.54, 1.807) is 12.1 Å². The van der Waals surface area contributed by atoms with E-state index in [-0.39, 0.29) is 5.82 Å². The number of benzene rings is 2. The van der Waals surface area contributed by atoms with Crippen LogP contribution in [0.2, 0.25) is 15.1 Å². The SMILES string of the molecule is O=C(NCCc1c[nH]c2ccc(Cl)cc12)c1noc(Cc2ccc(Cl)c(Cl)c2)n1. The molecule has 0 saturated heterocycles. The van der Waals surface area contributed by atoms with Gasteiger partial charge in [-0.3, -0.25) is 4.79 Å². The van der Waals surface area contributed by atoms with Crippen LogP contribution in [-0.2, 0) is 12.8 Å². The van der Waals surface area contributed by atoms with Gasteiger partial charge in [0.25, 0.3) is 11.7 Å². The van der Waals surface area contributed by atoms with E-state index >= 15 is 0 Å². The Hall–Kier alpha value is -2.54. The third kappa shape index (κ3) is 4.56. The monoisotopic (exact) mass is 448 g/mol. The molecule has 2 N–H and O–H groups in total. The van der Waals surface area contributed by atoms with Crippen molar-refractivity contribution in [1.29, 1.82) is 0 Å². The van der Waals surface area contributed by atoms with Crippen LogP contribution in [0.1, 0.15) is 27.6 Å². The summed E-state index contributed by atoms with van der Waals surface area (Å²) in [7, 11) is 0. The van der Waals surface area contributed by atoms with Crippen molar-refractivity contribution >= 4 is 51.6 Å². The summed E-state index contributed by atoms with van der Waals surface area (Å²) in [4.78, 5) is 19.6. The summed E-state index contributed by atoms with van der Waals surface area (Å²) in [5, 5.41) is 9.17. The highest BCUT2D eigenvalue weighted by atomic mass is 35.5. The molecule has 0 saturated carbocycles. The van der Waals surface area contributed by atoms with Crippen molar-refractivity contribution in [3.8, 4) is 0 Å². The number of aromatic amines is 1. The van der Waals surface area contributed by atoms with Gasteiger partial charge >= 0.3 is 0 Å². The normalized spacial score (nSPS) is 11.1. The summed E-state index contributed by atoms with van der Waals surface area (Å²) < 4.78 is 5.17. The molecule has 0 atom stereocenters. The number of nitrogens with one attached hydrogen (secondary N) is 2. The van der Waals surface area contributed by atoms with Crippen LogP contribution >= 0.6 is 34.8 Å². The topological polar surface area (TPSA) is 83.8 Å². The average Bonchev–Trinajstić information content (AvgIpc) is 3.32. The quantitative estimate of drug-likeness (QED) is 0.430. The Balaban J connectivity index is 1.35. The molecule has 0 aliphatic carbocycles. The standard InChI is InChI=1S/C20H15Cl3N4O2/c21-13-2-4-17-14(9-13)12(10-25-17)5-6-24-20(28)19-26-18(29-27-19)8-11-1-3-15(22)16(23)7-11/h1-4,7,9-10,25H,5-6,8H2,(H,24,28). The number of fused-ring (bicyclic) bond motifs is 1. The second-order valence-electron chi connectivity index (χ2n) is 6.45. The molecule has 29 heavy (non-hydrogen) atoms. The number of hydrogen-bond acceptors (Lipinski definition) is 4. The van der Waals surface area contributed by atoms with Crippen LogP contribution in [0.4, 0.5) is 0 Å². The Morgan fingerprint density at radius 3 is 2.79 bits per heavy atom. The largest absolute Gasteiger partial charge is 0.361 e. The Bertz CT molecular complexity index is 1190. The zero-order valence-electron chi connectivity index (χ0n) is 15.0. The molecule has 4 rings (SSSR count). The zero-order valence-corrected chi connectivity index (χ0v) is 17.3. The van der Waals surface area contributed by atoms with Crippen LogP contribution in [-0.4, -0.2) is 27.6 Å². The maximum Gasteiger partial charge on any atom is 0.292 e. The molecule has 0 unspecified atom stereocenters. The highest BCUT2D eigenvalue weighted by molar-refractivity contribution is 6.42. The molecular weight excluding hydrogens is 435 g/mol. The van der Waals surface area contributed by atoms with Crippen LogP contribution in [0.25, 0.3) is 10.9 Å². The molecular formula is C20H15Cl3N4O2. The Kier molecular flexibility index (Phi) is 5.76. The number of amides is 1. The van der Waals surface area contributed by atoms with E-state index in [1.807, 2.05) is 30.5 Å². The maximum atomic E-state index is 12.3. The van der Waals surface area contributed by atoms with Gasteiger partial charge in [0.1, 0.15) is 0 Å². The third-order valence-electron chi connectivity index (χ3n) is 4.42. The Morgan fingerprint density at radius 1 is 1.10 bits per heavy atom. The first kappa shape index (κ1) is 19.8. The van der Waals surface area contributed by atoms with Crippen molar-refractivity contribution < 1.29 is 9.32 Å². The van der Waals surface area contributed by atoms with E-state index in [2.05, 4.69) is 20.4 Å². The number of nitrogens with zero attached hydrogens (tertiary/aromatic N) is 2. The highest BCUT2D eigenvalue weighted by Crippen LogP contribution is 2.24. The first-order valence-corrected chi connectivity index (χ1v) is 9.93. The molecule has 0 spiro atoms. The van der Waals surface area contributed by atoms with E-state index in [1.165, 1.54) is 0 Å². The van der Waals surface area contributed by atoms with Crippen molar-refractivity contribution in [1.82, 2.24) is 20.4 Å². The van der Waals surface area contributed by atoms with Gasteiger partial charge in [-0.05, 0) is 47.9 Å². The molecule has 4 aromatic rings. The Labute approximate surface area is 181 Å². The van der Waals surface area contributed by atoms with Crippen LogP contribution in [0.15, 0.2) is 47.1 Å². The van der Waals surface area contributed by atoms with Gasteiger partial charge in [0, 0.05) is 28.7 Å². The zero-order chi connectivity index (χ0) is 20.4. The second-order valence-corrected chi connectivity index (χ2v) is 7.70. The predicted octanol–water partition coefficient (Wildman–Crippen LogP) is 5.07. The highest BCUT2D eigenvalue weighted by Gasteiger charge is 2.15. The van der Waals surface area contributed by atoms with Crippen molar-refractivity contribution in [2.24, 2.45) is 0 Å². The molecule has 9 heteroatoms. The van der Waals surface area contributed by atoms with Gasteiger partial charge < -0.3 is 14.8 Å². The number of carbonyl (C=O) groups is 1. The van der Waals surface area contributed by atoms with Gasteiger partial charge in [-0.25, -0.2) is 0 Å². The molecule has 0 aliphatic rings. The summed E-state index contributed by atoms with van der Waals surface area (Å²) in [6.45, 7) is 0.426. The number of H-pyrrole nitrogens is 1. The summed E-state index contributed by atoms with van der Waals surface area (Å²) in [6, 6.07) is 10.9. The van der Waals surface area contributed by atoms with E-state index in [0.717, 1.165) is 22.0 Å². The van der Waals surface area contributed by atoms with Crippen molar-refractivity contribution in [3.63, 3.8) is 0 Å². The number of carbonyl (C=O) groups excluding carboxylic acids is 1. The molecule has 148 valence electrons. The van der Waals surface area contributed by atoms with Gasteiger partial charge in [-0.1, -0.05) is 46.0 Å². The Morgan fingerprint density at radius 2 is 1.97 bits per heavy atom. The van der Waals surface area contributed by atoms with Gasteiger partial charge in [-0.15, -0.1) is 0 Å². The fraction of sp³-hybridized carbons (Fsp3) is 0.150. The predicted molar refractivity (Wildman–Crippen MR) is 113 cm³/mol. The lowest BCUT2D eigenvalue weighted by atomic mass is 10.1. The molecule has 2 aromatic heterocycles. The molecule has 0 fully saturated rings. The van der Waals surface area contributed by atoms with E-state index in [9.17, 15) is 4.79 Å². The van der Waals surface area contributed by atoms with Crippen LogP contribution < -0.4 is 5.32 Å². The summed E-state index contributed by atoms with van der Waals surface area (Å²) in [6.07, 6.45) is 2.91. The molecule has 6 nitrogen and oxygen atoms in total.